The van der Waals surface area contributed by atoms with Crippen LogP contribution in [0.2, 0.25) is 0 Å². The van der Waals surface area contributed by atoms with E-state index in [2.05, 4.69) is 10.3 Å². The van der Waals surface area contributed by atoms with Gasteiger partial charge in [0.05, 0.1) is 23.2 Å². The summed E-state index contributed by atoms with van der Waals surface area (Å²) in [4.78, 5) is 13.9. The van der Waals surface area contributed by atoms with E-state index in [1.807, 2.05) is 0 Å². The Morgan fingerprint density at radius 3 is 3.06 bits per heavy atom. The molecular weight excluding hydrogens is 240 g/mol. The SMILES string of the molecule is COCC(O)CNc1ncc(C#N)cc1[N+](=O)[O-]. The fraction of sp³-hybridized carbons (Fsp3) is 0.400. The molecule has 1 aromatic rings. The molecule has 1 aromatic heterocycles. The Morgan fingerprint density at radius 2 is 2.50 bits per heavy atom. The van der Waals surface area contributed by atoms with Crippen LogP contribution in [0.4, 0.5) is 11.5 Å². The van der Waals surface area contributed by atoms with Gasteiger partial charge in [0.15, 0.2) is 0 Å². The molecule has 0 saturated heterocycles. The number of nitrogens with one attached hydrogen (secondary N) is 1. The molecule has 0 spiro atoms. The summed E-state index contributed by atoms with van der Waals surface area (Å²) in [5, 5.41) is 31.5. The van der Waals surface area contributed by atoms with Crippen molar-refractivity contribution in [1.29, 1.82) is 5.26 Å². The first kappa shape index (κ1) is 13.8. The number of hydrogen-bond acceptors (Lipinski definition) is 7. The number of nitro groups is 1. The number of hydrogen-bond donors (Lipinski definition) is 2. The van der Waals surface area contributed by atoms with Gasteiger partial charge in [-0.05, 0) is 0 Å². The predicted octanol–water partition coefficient (Wildman–Crippen LogP) is 0.281. The number of methoxy groups -OCH3 is 1. The van der Waals surface area contributed by atoms with Crippen LogP contribution >= 0.6 is 0 Å². The van der Waals surface area contributed by atoms with E-state index in [0.29, 0.717) is 0 Å². The smallest absolute Gasteiger partial charge is 0.312 e. The van der Waals surface area contributed by atoms with Crippen molar-refractivity contribution in [3.05, 3.63) is 27.9 Å². The molecule has 1 heterocycles. The zero-order valence-corrected chi connectivity index (χ0v) is 9.66. The molecule has 1 atom stereocenters. The summed E-state index contributed by atoms with van der Waals surface area (Å²) < 4.78 is 4.72. The molecule has 0 amide bonds. The van der Waals surface area contributed by atoms with E-state index in [-0.39, 0.29) is 30.2 Å². The molecule has 1 rings (SSSR count). The Hall–Kier alpha value is -2.24. The van der Waals surface area contributed by atoms with Crippen molar-refractivity contribution in [2.24, 2.45) is 0 Å². The van der Waals surface area contributed by atoms with E-state index in [4.69, 9.17) is 10.00 Å². The van der Waals surface area contributed by atoms with Crippen LogP contribution in [0.1, 0.15) is 5.56 Å². The number of aliphatic hydroxyl groups excluding tert-OH is 1. The molecule has 8 heteroatoms. The quantitative estimate of drug-likeness (QED) is 0.550. The highest BCUT2D eigenvalue weighted by Crippen LogP contribution is 2.22. The molecule has 0 aromatic carbocycles. The van der Waals surface area contributed by atoms with Gasteiger partial charge in [0.2, 0.25) is 5.82 Å². The first-order valence-corrected chi connectivity index (χ1v) is 5.04. The number of aromatic nitrogens is 1. The van der Waals surface area contributed by atoms with Gasteiger partial charge < -0.3 is 15.2 Å². The molecule has 1 unspecified atom stereocenters. The number of rotatable bonds is 6. The van der Waals surface area contributed by atoms with Gasteiger partial charge in [-0.2, -0.15) is 5.26 Å². The second-order valence-corrected chi connectivity index (χ2v) is 3.45. The van der Waals surface area contributed by atoms with E-state index in [1.54, 1.807) is 6.07 Å². The molecule has 0 aliphatic heterocycles. The molecule has 2 N–H and O–H groups in total. The standard InChI is InChI=1S/C10H12N4O4/c1-18-6-8(15)5-13-10-9(14(16)17)2-7(3-11)4-12-10/h2,4,8,15H,5-6H2,1H3,(H,12,13). The van der Waals surface area contributed by atoms with Gasteiger partial charge in [0.1, 0.15) is 6.07 Å². The molecular formula is C10H12N4O4. The summed E-state index contributed by atoms with van der Waals surface area (Å²) in [6.45, 7) is 0.171. The summed E-state index contributed by atoms with van der Waals surface area (Å²) in [7, 11) is 1.44. The number of anilines is 1. The molecule has 0 fully saturated rings. The van der Waals surface area contributed by atoms with Crippen molar-refractivity contribution < 1.29 is 14.8 Å². The average Bonchev–Trinajstić information content (AvgIpc) is 2.36. The normalized spacial score (nSPS) is 11.6. The van der Waals surface area contributed by atoms with E-state index in [1.165, 1.54) is 13.3 Å². The highest BCUT2D eigenvalue weighted by atomic mass is 16.6. The van der Waals surface area contributed by atoms with Crippen LogP contribution in [0.3, 0.4) is 0 Å². The van der Waals surface area contributed by atoms with Crippen molar-refractivity contribution in [2.45, 2.75) is 6.10 Å². The Bertz CT molecular complexity index is 471. The summed E-state index contributed by atoms with van der Waals surface area (Å²) in [6, 6.07) is 2.89. The molecule has 0 aliphatic carbocycles. The Kier molecular flexibility index (Phi) is 4.98. The summed E-state index contributed by atoms with van der Waals surface area (Å²) >= 11 is 0. The average molecular weight is 252 g/mol. The van der Waals surface area contributed by atoms with E-state index >= 15 is 0 Å². The zero-order valence-electron chi connectivity index (χ0n) is 9.66. The fourth-order valence-electron chi connectivity index (χ4n) is 1.26. The largest absolute Gasteiger partial charge is 0.389 e. The van der Waals surface area contributed by atoms with Crippen LogP contribution in [0.15, 0.2) is 12.3 Å². The van der Waals surface area contributed by atoms with E-state index < -0.39 is 11.0 Å². The number of nitriles is 1. The molecule has 0 aliphatic rings. The van der Waals surface area contributed by atoms with Crippen molar-refractivity contribution in [1.82, 2.24) is 4.98 Å². The third kappa shape index (κ3) is 3.65. The van der Waals surface area contributed by atoms with Gasteiger partial charge >= 0.3 is 5.69 Å². The third-order valence-electron chi connectivity index (χ3n) is 2.06. The molecule has 8 nitrogen and oxygen atoms in total. The van der Waals surface area contributed by atoms with Crippen LogP contribution in [0, 0.1) is 21.4 Å². The lowest BCUT2D eigenvalue weighted by molar-refractivity contribution is -0.384. The van der Waals surface area contributed by atoms with Crippen LogP contribution in [0.25, 0.3) is 0 Å². The highest BCUT2D eigenvalue weighted by molar-refractivity contribution is 5.58. The monoisotopic (exact) mass is 252 g/mol. The Balaban J connectivity index is 2.82. The Labute approximate surface area is 103 Å². The van der Waals surface area contributed by atoms with E-state index in [0.717, 1.165) is 6.07 Å². The number of nitrogens with zero attached hydrogens (tertiary/aromatic N) is 3. The molecule has 0 bridgehead atoms. The van der Waals surface area contributed by atoms with Crippen LogP contribution < -0.4 is 5.32 Å². The fourth-order valence-corrected chi connectivity index (χ4v) is 1.26. The molecule has 0 saturated carbocycles. The number of aliphatic hydroxyl groups is 1. The minimum atomic E-state index is -0.799. The van der Waals surface area contributed by atoms with Gasteiger partial charge in [-0.25, -0.2) is 4.98 Å². The first-order chi connectivity index (χ1) is 8.58. The van der Waals surface area contributed by atoms with Gasteiger partial charge in [0, 0.05) is 25.9 Å². The topological polar surface area (TPSA) is 121 Å². The molecule has 96 valence electrons. The lowest BCUT2D eigenvalue weighted by Gasteiger charge is -2.11. The second kappa shape index (κ2) is 6.48. The van der Waals surface area contributed by atoms with Gasteiger partial charge in [-0.15, -0.1) is 0 Å². The molecule has 18 heavy (non-hydrogen) atoms. The maximum Gasteiger partial charge on any atom is 0.312 e. The van der Waals surface area contributed by atoms with Crippen molar-refractivity contribution in [2.75, 3.05) is 25.6 Å². The number of ether oxygens (including phenoxy) is 1. The zero-order chi connectivity index (χ0) is 13.5. The van der Waals surface area contributed by atoms with Crippen LogP contribution in [0.5, 0.6) is 0 Å². The van der Waals surface area contributed by atoms with Crippen molar-refractivity contribution in [3.8, 4) is 6.07 Å². The van der Waals surface area contributed by atoms with Crippen molar-refractivity contribution in [3.63, 3.8) is 0 Å². The van der Waals surface area contributed by atoms with Crippen LogP contribution in [-0.2, 0) is 4.74 Å². The second-order valence-electron chi connectivity index (χ2n) is 3.45. The Morgan fingerprint density at radius 1 is 1.78 bits per heavy atom. The lowest BCUT2D eigenvalue weighted by atomic mass is 10.2. The predicted molar refractivity (Wildman–Crippen MR) is 62.0 cm³/mol. The van der Waals surface area contributed by atoms with Crippen molar-refractivity contribution >= 4 is 11.5 Å². The number of pyridine rings is 1. The maximum atomic E-state index is 10.8. The molecule has 0 radical (unpaired) electrons. The summed E-state index contributed by atoms with van der Waals surface area (Å²) in [6.07, 6.45) is 0.421. The maximum absolute atomic E-state index is 10.8. The lowest BCUT2D eigenvalue weighted by Crippen LogP contribution is -2.24. The first-order valence-electron chi connectivity index (χ1n) is 5.04. The summed E-state index contributed by atoms with van der Waals surface area (Å²) in [5.41, 5.74) is -0.205. The van der Waals surface area contributed by atoms with Gasteiger partial charge in [0.25, 0.3) is 0 Å². The van der Waals surface area contributed by atoms with Crippen LogP contribution in [-0.4, -0.2) is 41.4 Å². The highest BCUT2D eigenvalue weighted by Gasteiger charge is 2.17. The minimum Gasteiger partial charge on any atom is -0.389 e. The summed E-state index contributed by atoms with van der Waals surface area (Å²) in [5.74, 6) is 0.00848. The minimum absolute atomic E-state index is 0.00848. The third-order valence-corrected chi connectivity index (χ3v) is 2.06. The van der Waals surface area contributed by atoms with Gasteiger partial charge in [-0.1, -0.05) is 0 Å². The van der Waals surface area contributed by atoms with E-state index in [9.17, 15) is 15.2 Å². The van der Waals surface area contributed by atoms with Gasteiger partial charge in [-0.3, -0.25) is 10.1 Å².